The normalized spacial score (nSPS) is 13.5. The van der Waals surface area contributed by atoms with E-state index in [1.807, 2.05) is 0 Å². The monoisotopic (exact) mass is 216 g/mol. The zero-order valence-corrected chi connectivity index (χ0v) is 9.64. The van der Waals surface area contributed by atoms with Gasteiger partial charge in [-0.15, -0.1) is 0 Å². The van der Waals surface area contributed by atoms with Crippen molar-refractivity contribution < 1.29 is 14.6 Å². The van der Waals surface area contributed by atoms with E-state index < -0.39 is 6.16 Å². The number of rotatable bonds is 3. The molecule has 5 heteroatoms. The fourth-order valence-electron chi connectivity index (χ4n) is 1.10. The van der Waals surface area contributed by atoms with Crippen molar-refractivity contribution in [2.45, 2.75) is 19.8 Å². The molecular weight excluding hydrogens is 196 g/mol. The molecular formula is C10H20N2O3. The Labute approximate surface area is 90.9 Å². The van der Waals surface area contributed by atoms with Gasteiger partial charge in [-0.3, -0.25) is 0 Å². The molecule has 1 aliphatic rings. The minimum absolute atomic E-state index is 1.07. The molecule has 0 aromatic carbocycles. The number of carbonyl (C=O) groups is 1. The van der Waals surface area contributed by atoms with Crippen LogP contribution in [0.2, 0.25) is 0 Å². The first-order valence-electron chi connectivity index (χ1n) is 4.99. The molecule has 1 N–H and O–H groups in total. The molecule has 0 radical (unpaired) electrons. The van der Waals surface area contributed by atoms with E-state index in [9.17, 15) is 0 Å². The molecule has 1 rings (SSSR count). The van der Waals surface area contributed by atoms with Crippen LogP contribution >= 0.6 is 0 Å². The average Bonchev–Trinajstić information content (AvgIpc) is 2.62. The zero-order chi connectivity index (χ0) is 11.7. The molecule has 0 spiro atoms. The number of hydrogen-bond donors (Lipinski definition) is 1. The lowest BCUT2D eigenvalue weighted by molar-refractivity contribution is 0.114. The summed E-state index contributed by atoms with van der Waals surface area (Å²) in [4.78, 5) is 13.7. The molecule has 0 saturated heterocycles. The average molecular weight is 216 g/mol. The Kier molecular flexibility index (Phi) is 7.23. The van der Waals surface area contributed by atoms with Gasteiger partial charge >= 0.3 is 6.16 Å². The summed E-state index contributed by atoms with van der Waals surface area (Å²) in [5, 5.41) is 7.50. The van der Waals surface area contributed by atoms with E-state index in [0.717, 1.165) is 13.8 Å². The third kappa shape index (κ3) is 7.66. The van der Waals surface area contributed by atoms with Crippen LogP contribution in [-0.2, 0) is 4.74 Å². The second-order valence-electron chi connectivity index (χ2n) is 3.33. The minimum Gasteiger partial charge on any atom is -0.450 e. The summed E-state index contributed by atoms with van der Waals surface area (Å²) in [5.41, 5.74) is 0. The molecule has 1 heterocycles. The molecule has 5 nitrogen and oxygen atoms in total. The molecule has 0 atom stereocenters. The van der Waals surface area contributed by atoms with Crippen molar-refractivity contribution in [1.29, 1.82) is 0 Å². The predicted octanol–water partition coefficient (Wildman–Crippen LogP) is 1.77. The van der Waals surface area contributed by atoms with E-state index in [-0.39, 0.29) is 0 Å². The highest BCUT2D eigenvalue weighted by molar-refractivity contribution is 5.56. The smallest absolute Gasteiger partial charge is 0.450 e. The Balaban J connectivity index is 0.000000336. The molecule has 0 aliphatic carbocycles. The van der Waals surface area contributed by atoms with Crippen LogP contribution in [0.4, 0.5) is 4.79 Å². The van der Waals surface area contributed by atoms with Gasteiger partial charge in [-0.05, 0) is 6.42 Å². The first-order valence-corrected chi connectivity index (χ1v) is 4.99. The van der Waals surface area contributed by atoms with Crippen LogP contribution in [0, 0.1) is 0 Å². The summed E-state index contributed by atoms with van der Waals surface area (Å²) >= 11 is 0. The van der Waals surface area contributed by atoms with Crippen molar-refractivity contribution >= 4 is 6.16 Å². The lowest BCUT2D eigenvalue weighted by atomic mass is 10.3. The van der Waals surface area contributed by atoms with Gasteiger partial charge in [0.15, 0.2) is 0 Å². The van der Waals surface area contributed by atoms with E-state index in [1.54, 1.807) is 0 Å². The number of carboxylic acid groups (broad SMARTS) is 1. The highest BCUT2D eigenvalue weighted by Gasteiger charge is 2.05. The van der Waals surface area contributed by atoms with E-state index in [0.29, 0.717) is 0 Å². The first kappa shape index (κ1) is 13.6. The Morgan fingerprint density at radius 2 is 2.13 bits per heavy atom. The van der Waals surface area contributed by atoms with Gasteiger partial charge in [0.1, 0.15) is 0 Å². The van der Waals surface area contributed by atoms with Gasteiger partial charge in [0, 0.05) is 26.0 Å². The van der Waals surface area contributed by atoms with Gasteiger partial charge in [-0.1, -0.05) is 13.3 Å². The van der Waals surface area contributed by atoms with Gasteiger partial charge in [0.25, 0.3) is 0 Å². The molecule has 1 aliphatic heterocycles. The Morgan fingerprint density at radius 3 is 2.47 bits per heavy atom. The van der Waals surface area contributed by atoms with E-state index >= 15 is 0 Å². The van der Waals surface area contributed by atoms with Gasteiger partial charge in [0.2, 0.25) is 0 Å². The largest absolute Gasteiger partial charge is 0.505 e. The van der Waals surface area contributed by atoms with Crippen LogP contribution in [0.5, 0.6) is 0 Å². The third-order valence-corrected chi connectivity index (χ3v) is 1.91. The van der Waals surface area contributed by atoms with Crippen molar-refractivity contribution in [2.24, 2.45) is 0 Å². The summed E-state index contributed by atoms with van der Waals surface area (Å²) < 4.78 is 3.67. The number of ether oxygens (including phenoxy) is 1. The quantitative estimate of drug-likeness (QED) is 0.729. The fourth-order valence-corrected chi connectivity index (χ4v) is 1.10. The Bertz CT molecular complexity index is 207. The molecule has 15 heavy (non-hydrogen) atoms. The van der Waals surface area contributed by atoms with Crippen LogP contribution in [0.3, 0.4) is 0 Å². The van der Waals surface area contributed by atoms with Crippen molar-refractivity contribution in [1.82, 2.24) is 9.80 Å². The second kappa shape index (κ2) is 7.96. The maximum atomic E-state index is 9.15. The highest BCUT2D eigenvalue weighted by Crippen LogP contribution is 2.04. The van der Waals surface area contributed by atoms with Gasteiger partial charge in [0.05, 0.1) is 13.8 Å². The lowest BCUT2D eigenvalue weighted by Gasteiger charge is -2.17. The fraction of sp³-hybridized carbons (Fsp3) is 0.700. The summed E-state index contributed by atoms with van der Waals surface area (Å²) in [6.07, 6.45) is 5.63. The molecule has 0 saturated carbocycles. The van der Waals surface area contributed by atoms with Crippen molar-refractivity contribution in [2.75, 3.05) is 27.4 Å². The molecule has 0 unspecified atom stereocenters. The lowest BCUT2D eigenvalue weighted by Crippen LogP contribution is -2.23. The van der Waals surface area contributed by atoms with Crippen LogP contribution < -0.4 is 0 Å². The maximum absolute atomic E-state index is 9.15. The summed E-state index contributed by atoms with van der Waals surface area (Å²) in [7, 11) is 3.20. The van der Waals surface area contributed by atoms with Gasteiger partial charge in [-0.25, -0.2) is 4.79 Å². The van der Waals surface area contributed by atoms with Crippen LogP contribution in [0.1, 0.15) is 19.8 Å². The molecule has 0 bridgehead atoms. The maximum Gasteiger partial charge on any atom is 0.505 e. The minimum atomic E-state index is -1.25. The van der Waals surface area contributed by atoms with E-state index in [2.05, 4.69) is 40.9 Å². The number of nitrogens with zero attached hydrogens (tertiary/aromatic N) is 2. The van der Waals surface area contributed by atoms with Crippen LogP contribution in [0.25, 0.3) is 0 Å². The van der Waals surface area contributed by atoms with E-state index in [4.69, 9.17) is 9.90 Å². The number of unbranched alkanes of at least 4 members (excludes halogenated alkanes) is 1. The summed E-state index contributed by atoms with van der Waals surface area (Å²) in [6, 6.07) is 0. The Morgan fingerprint density at radius 1 is 1.53 bits per heavy atom. The number of hydrogen-bond acceptors (Lipinski definition) is 4. The molecule has 0 aromatic heterocycles. The third-order valence-electron chi connectivity index (χ3n) is 1.91. The van der Waals surface area contributed by atoms with Crippen molar-refractivity contribution in [3.63, 3.8) is 0 Å². The topological polar surface area (TPSA) is 53.0 Å². The zero-order valence-electron chi connectivity index (χ0n) is 9.64. The van der Waals surface area contributed by atoms with Crippen molar-refractivity contribution in [3.8, 4) is 0 Å². The SMILES string of the molecule is CCCCN1C=CN(C)C1.COC(=O)O. The first-order chi connectivity index (χ1) is 7.10. The highest BCUT2D eigenvalue weighted by atomic mass is 16.6. The van der Waals surface area contributed by atoms with Gasteiger partial charge < -0.3 is 19.6 Å². The molecule has 0 fully saturated rings. The standard InChI is InChI=1S/C8H16N2.C2H4O3/c1-3-4-5-10-7-6-9(2)8-10;1-5-2(3)4/h6-7H,3-5,8H2,1-2H3;1H3,(H,3,4). The summed E-state index contributed by atoms with van der Waals surface area (Å²) in [6.45, 7) is 4.50. The van der Waals surface area contributed by atoms with Crippen LogP contribution in [-0.4, -0.2) is 48.4 Å². The summed E-state index contributed by atoms with van der Waals surface area (Å²) in [5.74, 6) is 0. The number of methoxy groups -OCH3 is 1. The molecule has 0 aromatic rings. The van der Waals surface area contributed by atoms with E-state index in [1.165, 1.54) is 19.4 Å². The Hall–Kier alpha value is -1.39. The van der Waals surface area contributed by atoms with Crippen LogP contribution in [0.15, 0.2) is 12.4 Å². The predicted molar refractivity (Wildman–Crippen MR) is 58.4 cm³/mol. The second-order valence-corrected chi connectivity index (χ2v) is 3.33. The van der Waals surface area contributed by atoms with Gasteiger partial charge in [-0.2, -0.15) is 0 Å². The molecule has 88 valence electrons. The van der Waals surface area contributed by atoms with Crippen molar-refractivity contribution in [3.05, 3.63) is 12.4 Å². The molecule has 0 amide bonds.